The molecule has 1 amide bonds. The number of thiazole rings is 1. The van der Waals surface area contributed by atoms with Gasteiger partial charge in [-0.05, 0) is 44.8 Å². The molecule has 0 aliphatic carbocycles. The Morgan fingerprint density at radius 1 is 1.50 bits per heavy atom. The molecule has 1 spiro atoms. The van der Waals surface area contributed by atoms with E-state index < -0.39 is 0 Å². The lowest BCUT2D eigenvalue weighted by Gasteiger charge is -2.33. The molecule has 24 heavy (non-hydrogen) atoms. The summed E-state index contributed by atoms with van der Waals surface area (Å²) < 4.78 is 0. The Labute approximate surface area is 149 Å². The van der Waals surface area contributed by atoms with E-state index in [-0.39, 0.29) is 11.9 Å². The van der Waals surface area contributed by atoms with Gasteiger partial charge < -0.3 is 10.2 Å². The molecule has 6 heteroatoms. The van der Waals surface area contributed by atoms with Gasteiger partial charge in [0.1, 0.15) is 0 Å². The van der Waals surface area contributed by atoms with E-state index in [1.54, 1.807) is 11.3 Å². The molecule has 0 bridgehead atoms. The lowest BCUT2D eigenvalue weighted by molar-refractivity contribution is -0.134. The molecule has 1 unspecified atom stereocenters. The Hall–Kier alpha value is -0.980. The predicted octanol–water partition coefficient (Wildman–Crippen LogP) is 2.30. The van der Waals surface area contributed by atoms with Gasteiger partial charge in [-0.2, -0.15) is 0 Å². The predicted molar refractivity (Wildman–Crippen MR) is 98.2 cm³/mol. The topological polar surface area (TPSA) is 48.5 Å². The van der Waals surface area contributed by atoms with Gasteiger partial charge in [0.2, 0.25) is 5.91 Å². The molecular formula is C18H30N4OS. The van der Waals surface area contributed by atoms with Gasteiger partial charge in [-0.25, -0.2) is 4.98 Å². The highest BCUT2D eigenvalue weighted by Gasteiger charge is 2.46. The minimum Gasteiger partial charge on any atom is -0.338 e. The van der Waals surface area contributed by atoms with Crippen LogP contribution in [-0.4, -0.2) is 60.5 Å². The molecule has 1 atom stereocenters. The molecule has 1 aromatic heterocycles. The maximum Gasteiger partial charge on any atom is 0.240 e. The van der Waals surface area contributed by atoms with Crippen LogP contribution in [0.15, 0.2) is 5.38 Å². The molecule has 2 aliphatic heterocycles. The van der Waals surface area contributed by atoms with Crippen LogP contribution in [0.4, 0.5) is 0 Å². The van der Waals surface area contributed by atoms with Crippen LogP contribution in [0.5, 0.6) is 0 Å². The fraction of sp³-hybridized carbons (Fsp3) is 0.778. The van der Waals surface area contributed by atoms with Gasteiger partial charge in [-0.15, -0.1) is 11.3 Å². The number of aromatic nitrogens is 1. The van der Waals surface area contributed by atoms with Crippen molar-refractivity contribution in [1.29, 1.82) is 0 Å². The number of likely N-dealkylation sites (N-methyl/N-ethyl adjacent to an activating group) is 2. The van der Waals surface area contributed by atoms with Crippen molar-refractivity contribution in [1.82, 2.24) is 20.1 Å². The smallest absolute Gasteiger partial charge is 0.240 e. The first-order valence-electron chi connectivity index (χ1n) is 9.00. The molecule has 5 nitrogen and oxygen atoms in total. The Morgan fingerprint density at radius 2 is 2.21 bits per heavy atom. The lowest BCUT2D eigenvalue weighted by atomic mass is 9.77. The maximum absolute atomic E-state index is 13.0. The Kier molecular flexibility index (Phi) is 5.27. The number of carbonyl (C=O) groups excluding carboxylic acids is 1. The fourth-order valence-corrected chi connectivity index (χ4v) is 4.93. The minimum atomic E-state index is 0.0244. The third-order valence-corrected chi connectivity index (χ3v) is 6.73. The summed E-state index contributed by atoms with van der Waals surface area (Å²) >= 11 is 1.70. The average Bonchev–Trinajstić information content (AvgIpc) is 3.12. The van der Waals surface area contributed by atoms with Crippen molar-refractivity contribution < 1.29 is 4.79 Å². The van der Waals surface area contributed by atoms with E-state index >= 15 is 0 Å². The first-order valence-corrected chi connectivity index (χ1v) is 9.88. The third kappa shape index (κ3) is 3.65. The van der Waals surface area contributed by atoms with Crippen LogP contribution in [0.25, 0.3) is 0 Å². The number of hydrogen-bond donors (Lipinski definition) is 1. The Bertz CT molecular complexity index is 579. The first-order chi connectivity index (χ1) is 11.4. The van der Waals surface area contributed by atoms with Gasteiger partial charge in [0, 0.05) is 24.9 Å². The monoisotopic (exact) mass is 350 g/mol. The lowest BCUT2D eigenvalue weighted by Crippen LogP contribution is -2.42. The van der Waals surface area contributed by atoms with Gasteiger partial charge in [-0.3, -0.25) is 9.69 Å². The Morgan fingerprint density at radius 3 is 2.83 bits per heavy atom. The second-order valence-corrected chi connectivity index (χ2v) is 8.80. The van der Waals surface area contributed by atoms with Crippen molar-refractivity contribution in [3.05, 3.63) is 16.1 Å². The number of hydrogen-bond acceptors (Lipinski definition) is 5. The summed E-state index contributed by atoms with van der Waals surface area (Å²) in [6, 6.07) is 0.0244. The summed E-state index contributed by atoms with van der Waals surface area (Å²) in [6.45, 7) is 8.14. The Balaban J connectivity index is 1.62. The average molecular weight is 351 g/mol. The largest absolute Gasteiger partial charge is 0.338 e. The zero-order valence-corrected chi connectivity index (χ0v) is 16.2. The number of nitrogens with zero attached hydrogens (tertiary/aromatic N) is 3. The van der Waals surface area contributed by atoms with Crippen LogP contribution in [-0.2, 0) is 11.3 Å². The maximum atomic E-state index is 13.0. The van der Waals surface area contributed by atoms with E-state index in [0.717, 1.165) is 36.8 Å². The number of likely N-dealkylation sites (tertiary alicyclic amines) is 1. The molecule has 2 aliphatic rings. The number of carbonyl (C=O) groups is 1. The summed E-state index contributed by atoms with van der Waals surface area (Å²) in [7, 11) is 4.02. The van der Waals surface area contributed by atoms with Crippen molar-refractivity contribution in [2.24, 2.45) is 5.41 Å². The molecule has 3 rings (SSSR count). The molecule has 2 fully saturated rings. The third-order valence-electron chi connectivity index (χ3n) is 5.53. The fourth-order valence-electron chi connectivity index (χ4n) is 4.10. The molecule has 0 radical (unpaired) electrons. The highest BCUT2D eigenvalue weighted by atomic mass is 32.1. The van der Waals surface area contributed by atoms with Crippen molar-refractivity contribution in [3.8, 4) is 0 Å². The normalized spacial score (nSPS) is 24.0. The van der Waals surface area contributed by atoms with Gasteiger partial charge in [0.15, 0.2) is 0 Å². The summed E-state index contributed by atoms with van der Waals surface area (Å²) in [5.41, 5.74) is 1.35. The van der Waals surface area contributed by atoms with Crippen LogP contribution in [0, 0.1) is 5.41 Å². The second-order valence-electron chi connectivity index (χ2n) is 7.91. The van der Waals surface area contributed by atoms with Gasteiger partial charge >= 0.3 is 0 Å². The SMILES string of the molecule is CC(C)c1nc(CN(C)C(=O)C2CC3(CCNCC3)CN2C)cs1. The van der Waals surface area contributed by atoms with Crippen LogP contribution in [0.1, 0.15) is 49.7 Å². The highest BCUT2D eigenvalue weighted by Crippen LogP contribution is 2.41. The van der Waals surface area contributed by atoms with E-state index in [0.29, 0.717) is 17.9 Å². The van der Waals surface area contributed by atoms with Gasteiger partial charge in [0.05, 0.1) is 23.3 Å². The summed E-state index contributed by atoms with van der Waals surface area (Å²) in [6.07, 6.45) is 3.38. The van der Waals surface area contributed by atoms with E-state index in [1.165, 1.54) is 12.8 Å². The van der Waals surface area contributed by atoms with E-state index in [2.05, 4.69) is 41.5 Å². The summed E-state index contributed by atoms with van der Waals surface area (Å²) in [4.78, 5) is 21.8. The highest BCUT2D eigenvalue weighted by molar-refractivity contribution is 7.09. The second kappa shape index (κ2) is 7.10. The van der Waals surface area contributed by atoms with Crippen LogP contribution in [0.3, 0.4) is 0 Å². The van der Waals surface area contributed by atoms with Crippen molar-refractivity contribution in [3.63, 3.8) is 0 Å². The number of rotatable bonds is 4. The summed E-state index contributed by atoms with van der Waals surface area (Å²) in [5.74, 6) is 0.692. The van der Waals surface area contributed by atoms with Crippen molar-refractivity contribution >= 4 is 17.2 Å². The number of amides is 1. The van der Waals surface area contributed by atoms with Crippen LogP contribution < -0.4 is 5.32 Å². The molecule has 2 saturated heterocycles. The van der Waals surface area contributed by atoms with Crippen molar-refractivity contribution in [2.45, 2.75) is 51.6 Å². The van der Waals surface area contributed by atoms with Gasteiger partial charge in [0.25, 0.3) is 0 Å². The van der Waals surface area contributed by atoms with E-state index in [4.69, 9.17) is 0 Å². The zero-order chi connectivity index (χ0) is 17.3. The van der Waals surface area contributed by atoms with Crippen LogP contribution in [0.2, 0.25) is 0 Å². The molecule has 0 aromatic carbocycles. The first kappa shape index (κ1) is 17.8. The van der Waals surface area contributed by atoms with Gasteiger partial charge in [-0.1, -0.05) is 13.8 Å². The quantitative estimate of drug-likeness (QED) is 0.905. The van der Waals surface area contributed by atoms with E-state index in [1.807, 2.05) is 11.9 Å². The minimum absolute atomic E-state index is 0.0244. The van der Waals surface area contributed by atoms with Crippen LogP contribution >= 0.6 is 11.3 Å². The number of piperidine rings is 1. The standard InChI is InChI=1S/C18H30N4OS/c1-13(2)16-20-14(11-24-16)10-21(3)17(23)15-9-18(12-22(15)4)5-7-19-8-6-18/h11,13,15,19H,5-10,12H2,1-4H3. The zero-order valence-electron chi connectivity index (χ0n) is 15.3. The molecular weight excluding hydrogens is 320 g/mol. The number of nitrogens with one attached hydrogen (secondary N) is 1. The van der Waals surface area contributed by atoms with E-state index in [9.17, 15) is 4.79 Å². The molecule has 134 valence electrons. The summed E-state index contributed by atoms with van der Waals surface area (Å²) in [5, 5.41) is 6.68. The van der Waals surface area contributed by atoms with Crippen molar-refractivity contribution in [2.75, 3.05) is 33.7 Å². The molecule has 1 aromatic rings. The molecule has 3 heterocycles. The molecule has 1 N–H and O–H groups in total. The molecule has 0 saturated carbocycles.